The quantitative estimate of drug-likeness (QED) is 0.927. The van der Waals surface area contributed by atoms with Gasteiger partial charge in [-0.1, -0.05) is 15.9 Å². The monoisotopic (exact) mass is 297 g/mol. The maximum Gasteiger partial charge on any atom is 0.303 e. The standard InChI is InChI=1S/C13H16BrNO2/c1-2-15-8-9(3-6-13(16)17)11-7-10(14)4-5-12(11)15/h4-5,7,9H,2-3,6,8H2,1H3,(H,16,17). The van der Waals surface area contributed by atoms with Gasteiger partial charge in [0.15, 0.2) is 0 Å². The molecule has 1 unspecified atom stereocenters. The molecule has 17 heavy (non-hydrogen) atoms. The van der Waals surface area contributed by atoms with Crippen LogP contribution >= 0.6 is 15.9 Å². The van der Waals surface area contributed by atoms with E-state index in [1.54, 1.807) is 0 Å². The highest BCUT2D eigenvalue weighted by Gasteiger charge is 2.27. The Morgan fingerprint density at radius 2 is 2.35 bits per heavy atom. The van der Waals surface area contributed by atoms with Crippen LogP contribution in [0.5, 0.6) is 0 Å². The van der Waals surface area contributed by atoms with Crippen molar-refractivity contribution in [2.24, 2.45) is 0 Å². The fraction of sp³-hybridized carbons (Fsp3) is 0.462. The van der Waals surface area contributed by atoms with Gasteiger partial charge in [-0.2, -0.15) is 0 Å². The smallest absolute Gasteiger partial charge is 0.303 e. The van der Waals surface area contributed by atoms with Crippen molar-refractivity contribution in [2.75, 3.05) is 18.0 Å². The molecule has 3 nitrogen and oxygen atoms in total. The molecule has 1 N–H and O–H groups in total. The number of anilines is 1. The molecule has 0 amide bonds. The van der Waals surface area contributed by atoms with E-state index in [2.05, 4.69) is 39.9 Å². The minimum atomic E-state index is -0.712. The molecule has 0 spiro atoms. The first-order chi connectivity index (χ1) is 8.11. The number of rotatable bonds is 4. The lowest BCUT2D eigenvalue weighted by molar-refractivity contribution is -0.137. The summed E-state index contributed by atoms with van der Waals surface area (Å²) in [7, 11) is 0. The van der Waals surface area contributed by atoms with Gasteiger partial charge in [0.1, 0.15) is 0 Å². The van der Waals surface area contributed by atoms with Gasteiger partial charge >= 0.3 is 5.97 Å². The second-order valence-corrected chi connectivity index (χ2v) is 5.29. The lowest BCUT2D eigenvalue weighted by atomic mass is 9.96. The second kappa shape index (κ2) is 5.08. The number of nitrogens with zero attached hydrogens (tertiary/aromatic N) is 1. The van der Waals surface area contributed by atoms with Crippen molar-refractivity contribution >= 4 is 27.6 Å². The number of fused-ring (bicyclic) bond motifs is 1. The lowest BCUT2D eigenvalue weighted by Gasteiger charge is -2.16. The molecule has 0 bridgehead atoms. The van der Waals surface area contributed by atoms with Crippen LogP contribution in [0.2, 0.25) is 0 Å². The Labute approximate surface area is 110 Å². The minimum absolute atomic E-state index is 0.244. The Hall–Kier alpha value is -1.03. The number of likely N-dealkylation sites (N-methyl/N-ethyl adjacent to an activating group) is 1. The molecule has 0 fully saturated rings. The summed E-state index contributed by atoms with van der Waals surface area (Å²) in [6, 6.07) is 6.28. The number of hydrogen-bond acceptors (Lipinski definition) is 2. The third-order valence-electron chi connectivity index (χ3n) is 3.30. The summed E-state index contributed by atoms with van der Waals surface area (Å²) in [6.07, 6.45) is 0.962. The third kappa shape index (κ3) is 2.63. The fourth-order valence-corrected chi connectivity index (χ4v) is 2.83. The maximum absolute atomic E-state index is 10.7. The molecule has 0 aromatic heterocycles. The third-order valence-corrected chi connectivity index (χ3v) is 3.79. The Bertz CT molecular complexity index is 433. The Balaban J connectivity index is 2.22. The molecule has 1 heterocycles. The van der Waals surface area contributed by atoms with Crippen LogP contribution in [0.1, 0.15) is 31.2 Å². The number of aliphatic carboxylic acids is 1. The van der Waals surface area contributed by atoms with E-state index in [1.165, 1.54) is 11.3 Å². The average Bonchev–Trinajstić information content (AvgIpc) is 2.63. The topological polar surface area (TPSA) is 40.5 Å². The summed E-state index contributed by atoms with van der Waals surface area (Å²) in [6.45, 7) is 4.04. The van der Waals surface area contributed by atoms with Crippen LogP contribution in [0.15, 0.2) is 22.7 Å². The number of hydrogen-bond donors (Lipinski definition) is 1. The summed E-state index contributed by atoms with van der Waals surface area (Å²) in [5.41, 5.74) is 2.54. The summed E-state index contributed by atoms with van der Waals surface area (Å²) < 4.78 is 1.06. The van der Waals surface area contributed by atoms with E-state index in [0.29, 0.717) is 5.92 Å². The zero-order valence-corrected chi connectivity index (χ0v) is 11.4. The van der Waals surface area contributed by atoms with Crippen molar-refractivity contribution in [3.05, 3.63) is 28.2 Å². The van der Waals surface area contributed by atoms with Gasteiger partial charge in [0.2, 0.25) is 0 Å². The number of carboxylic acid groups (broad SMARTS) is 1. The zero-order chi connectivity index (χ0) is 12.4. The first kappa shape index (κ1) is 12.4. The Morgan fingerprint density at radius 1 is 1.59 bits per heavy atom. The molecule has 1 aromatic rings. The summed E-state index contributed by atoms with van der Waals surface area (Å²) in [5, 5.41) is 8.78. The average molecular weight is 298 g/mol. The van der Waals surface area contributed by atoms with Crippen LogP contribution in [0.4, 0.5) is 5.69 Å². The van der Waals surface area contributed by atoms with E-state index in [9.17, 15) is 4.79 Å². The molecule has 0 radical (unpaired) electrons. The molecular weight excluding hydrogens is 282 g/mol. The largest absolute Gasteiger partial charge is 0.481 e. The van der Waals surface area contributed by atoms with E-state index in [4.69, 9.17) is 5.11 Å². The van der Waals surface area contributed by atoms with Gasteiger partial charge in [0.05, 0.1) is 0 Å². The van der Waals surface area contributed by atoms with Crippen LogP contribution < -0.4 is 4.90 Å². The SMILES string of the molecule is CCN1CC(CCC(=O)O)c2cc(Br)ccc21. The molecule has 1 atom stereocenters. The molecule has 1 aliphatic heterocycles. The van der Waals surface area contributed by atoms with Gasteiger partial charge in [-0.05, 0) is 37.1 Å². The first-order valence-electron chi connectivity index (χ1n) is 5.88. The van der Waals surface area contributed by atoms with E-state index in [0.717, 1.165) is 24.0 Å². The van der Waals surface area contributed by atoms with E-state index < -0.39 is 5.97 Å². The van der Waals surface area contributed by atoms with E-state index >= 15 is 0 Å². The zero-order valence-electron chi connectivity index (χ0n) is 9.82. The highest BCUT2D eigenvalue weighted by Crippen LogP contribution is 2.39. The van der Waals surface area contributed by atoms with Crippen molar-refractivity contribution in [1.82, 2.24) is 0 Å². The van der Waals surface area contributed by atoms with Crippen LogP contribution in [0.3, 0.4) is 0 Å². The summed E-state index contributed by atoms with van der Waals surface area (Å²) in [5.74, 6) is -0.366. The molecule has 0 saturated heterocycles. The predicted octanol–water partition coefficient (Wildman–Crippen LogP) is 3.24. The van der Waals surface area contributed by atoms with Crippen LogP contribution in [0.25, 0.3) is 0 Å². The van der Waals surface area contributed by atoms with Gasteiger partial charge in [-0.25, -0.2) is 0 Å². The normalized spacial score (nSPS) is 18.2. The van der Waals surface area contributed by atoms with Crippen molar-refractivity contribution in [1.29, 1.82) is 0 Å². The van der Waals surface area contributed by atoms with Gasteiger partial charge in [-0.15, -0.1) is 0 Å². The second-order valence-electron chi connectivity index (χ2n) is 4.37. The van der Waals surface area contributed by atoms with Crippen molar-refractivity contribution in [2.45, 2.75) is 25.7 Å². The van der Waals surface area contributed by atoms with Crippen LogP contribution in [0, 0.1) is 0 Å². The molecule has 4 heteroatoms. The molecule has 0 saturated carbocycles. The number of carbonyl (C=O) groups is 1. The lowest BCUT2D eigenvalue weighted by Crippen LogP contribution is -2.21. The number of benzene rings is 1. The molecule has 0 aliphatic carbocycles. The van der Waals surface area contributed by atoms with E-state index in [1.807, 2.05) is 6.07 Å². The number of carboxylic acids is 1. The summed E-state index contributed by atoms with van der Waals surface area (Å²) >= 11 is 3.48. The van der Waals surface area contributed by atoms with Gasteiger partial charge in [0.25, 0.3) is 0 Å². The fourth-order valence-electron chi connectivity index (χ4n) is 2.45. The maximum atomic E-state index is 10.7. The molecule has 1 aliphatic rings. The van der Waals surface area contributed by atoms with Crippen molar-refractivity contribution in [3.63, 3.8) is 0 Å². The van der Waals surface area contributed by atoms with Gasteiger partial charge < -0.3 is 10.0 Å². The number of halogens is 1. The van der Waals surface area contributed by atoms with Gasteiger partial charge in [0, 0.05) is 35.6 Å². The highest BCUT2D eigenvalue weighted by molar-refractivity contribution is 9.10. The minimum Gasteiger partial charge on any atom is -0.481 e. The molecule has 1 aromatic carbocycles. The molecular formula is C13H16BrNO2. The highest BCUT2D eigenvalue weighted by atomic mass is 79.9. The molecule has 92 valence electrons. The van der Waals surface area contributed by atoms with Gasteiger partial charge in [-0.3, -0.25) is 4.79 Å². The first-order valence-corrected chi connectivity index (χ1v) is 6.67. The van der Waals surface area contributed by atoms with Crippen molar-refractivity contribution < 1.29 is 9.90 Å². The summed E-state index contributed by atoms with van der Waals surface area (Å²) in [4.78, 5) is 13.0. The Kier molecular flexibility index (Phi) is 3.72. The van der Waals surface area contributed by atoms with Crippen LogP contribution in [-0.2, 0) is 4.79 Å². The Morgan fingerprint density at radius 3 is 3.00 bits per heavy atom. The van der Waals surface area contributed by atoms with Crippen molar-refractivity contribution in [3.8, 4) is 0 Å². The van der Waals surface area contributed by atoms with E-state index in [-0.39, 0.29) is 6.42 Å². The predicted molar refractivity (Wildman–Crippen MR) is 71.6 cm³/mol. The van der Waals surface area contributed by atoms with Crippen LogP contribution in [-0.4, -0.2) is 24.2 Å². The molecule has 2 rings (SSSR count).